The summed E-state index contributed by atoms with van der Waals surface area (Å²) in [6.45, 7) is 6.03. The second kappa shape index (κ2) is 7.93. The van der Waals surface area contributed by atoms with Crippen LogP contribution in [0.4, 0.5) is 0 Å². The van der Waals surface area contributed by atoms with Crippen LogP contribution < -0.4 is 4.72 Å². The topological polar surface area (TPSA) is 66.5 Å². The third-order valence-corrected chi connectivity index (χ3v) is 5.42. The number of carbonyl (C=O) groups excluding carboxylic acids is 1. The molecule has 23 heavy (non-hydrogen) atoms. The van der Waals surface area contributed by atoms with Gasteiger partial charge in [0.25, 0.3) is 0 Å². The lowest BCUT2D eigenvalue weighted by atomic mass is 10.0. The lowest BCUT2D eigenvalue weighted by Gasteiger charge is -2.15. The highest BCUT2D eigenvalue weighted by Gasteiger charge is 2.19. The molecule has 128 valence electrons. The molecule has 2 rings (SSSR count). The van der Waals surface area contributed by atoms with Gasteiger partial charge in [0.2, 0.25) is 15.9 Å². The minimum atomic E-state index is -3.47. The van der Waals surface area contributed by atoms with Gasteiger partial charge in [0.15, 0.2) is 0 Å². The number of rotatable bonds is 8. The Labute approximate surface area is 139 Å². The Morgan fingerprint density at radius 2 is 1.91 bits per heavy atom. The van der Waals surface area contributed by atoms with E-state index in [4.69, 9.17) is 0 Å². The molecule has 0 atom stereocenters. The fourth-order valence-corrected chi connectivity index (χ4v) is 3.85. The summed E-state index contributed by atoms with van der Waals surface area (Å²) < 4.78 is 27.1. The zero-order valence-electron chi connectivity index (χ0n) is 13.9. The molecule has 0 spiro atoms. The van der Waals surface area contributed by atoms with Crippen LogP contribution in [0.15, 0.2) is 29.2 Å². The molecule has 1 N–H and O–H groups in total. The molecule has 0 saturated carbocycles. The molecule has 1 aromatic rings. The Morgan fingerprint density at radius 3 is 2.48 bits per heavy atom. The van der Waals surface area contributed by atoms with Crippen LogP contribution in [0.3, 0.4) is 0 Å². The van der Waals surface area contributed by atoms with Gasteiger partial charge in [-0.15, -0.1) is 0 Å². The first-order chi connectivity index (χ1) is 10.9. The van der Waals surface area contributed by atoms with Gasteiger partial charge in [-0.05, 0) is 42.9 Å². The Kier molecular flexibility index (Phi) is 6.18. The van der Waals surface area contributed by atoms with Crippen molar-refractivity contribution in [3.8, 4) is 0 Å². The van der Waals surface area contributed by atoms with Crippen molar-refractivity contribution in [1.29, 1.82) is 0 Å². The molecule has 0 aliphatic carbocycles. The van der Waals surface area contributed by atoms with E-state index < -0.39 is 10.0 Å². The van der Waals surface area contributed by atoms with Gasteiger partial charge < -0.3 is 4.90 Å². The molecule has 1 heterocycles. The molecule has 1 fully saturated rings. The number of benzene rings is 1. The molecule has 1 aliphatic heterocycles. The van der Waals surface area contributed by atoms with Gasteiger partial charge in [0.05, 0.1) is 4.90 Å². The average molecular weight is 338 g/mol. The van der Waals surface area contributed by atoms with Crippen molar-refractivity contribution in [1.82, 2.24) is 9.62 Å². The van der Waals surface area contributed by atoms with Crippen LogP contribution >= 0.6 is 0 Å². The van der Waals surface area contributed by atoms with Crippen molar-refractivity contribution in [2.45, 2.75) is 44.4 Å². The zero-order chi connectivity index (χ0) is 16.9. The van der Waals surface area contributed by atoms with Gasteiger partial charge in [0, 0.05) is 26.1 Å². The standard InChI is InChI=1S/C17H26N2O3S/c1-14(2)13-15-6-8-16(9-7-15)23(21,22)18-10-4-12-19-11-3-5-17(19)20/h6-9,14,18H,3-5,10-13H2,1-2H3. The SMILES string of the molecule is CC(C)Cc1ccc(S(=O)(=O)NCCCN2CCCC2=O)cc1. The normalized spacial score (nSPS) is 15.6. The van der Waals surface area contributed by atoms with Crippen LogP contribution in [0.25, 0.3) is 0 Å². The fraction of sp³-hybridized carbons (Fsp3) is 0.588. The summed E-state index contributed by atoms with van der Waals surface area (Å²) in [5.41, 5.74) is 1.14. The molecule has 0 unspecified atom stereocenters. The number of hydrogen-bond acceptors (Lipinski definition) is 3. The van der Waals surface area contributed by atoms with Crippen molar-refractivity contribution in [3.63, 3.8) is 0 Å². The number of nitrogens with zero attached hydrogens (tertiary/aromatic N) is 1. The Bertz CT molecular complexity index is 624. The number of carbonyl (C=O) groups is 1. The molecule has 0 radical (unpaired) electrons. The number of hydrogen-bond donors (Lipinski definition) is 1. The first-order valence-electron chi connectivity index (χ1n) is 8.25. The maximum atomic E-state index is 12.2. The lowest BCUT2D eigenvalue weighted by molar-refractivity contribution is -0.127. The molecule has 6 heteroatoms. The minimum absolute atomic E-state index is 0.175. The minimum Gasteiger partial charge on any atom is -0.343 e. The van der Waals surface area contributed by atoms with Crippen LogP contribution in [0.2, 0.25) is 0 Å². The molecule has 1 aliphatic rings. The van der Waals surface area contributed by atoms with Crippen molar-refractivity contribution in [2.75, 3.05) is 19.6 Å². The smallest absolute Gasteiger partial charge is 0.240 e. The highest BCUT2D eigenvalue weighted by Crippen LogP contribution is 2.14. The monoisotopic (exact) mass is 338 g/mol. The van der Waals surface area contributed by atoms with E-state index in [1.807, 2.05) is 12.1 Å². The molecular formula is C17H26N2O3S. The first-order valence-corrected chi connectivity index (χ1v) is 9.73. The largest absolute Gasteiger partial charge is 0.343 e. The van der Waals surface area contributed by atoms with Gasteiger partial charge in [-0.2, -0.15) is 0 Å². The predicted octanol–water partition coefficient (Wildman–Crippen LogP) is 2.18. The number of nitrogens with one attached hydrogen (secondary N) is 1. The summed E-state index contributed by atoms with van der Waals surface area (Å²) in [6.07, 6.45) is 3.11. The van der Waals surface area contributed by atoms with Crippen molar-refractivity contribution in [3.05, 3.63) is 29.8 Å². The highest BCUT2D eigenvalue weighted by molar-refractivity contribution is 7.89. The second-order valence-corrected chi connectivity index (χ2v) is 8.24. The molecule has 1 saturated heterocycles. The average Bonchev–Trinajstić information content (AvgIpc) is 2.89. The van der Waals surface area contributed by atoms with Gasteiger partial charge >= 0.3 is 0 Å². The summed E-state index contributed by atoms with van der Waals surface area (Å²) in [4.78, 5) is 13.6. The fourth-order valence-electron chi connectivity index (χ4n) is 2.78. The Hall–Kier alpha value is -1.40. The van der Waals surface area contributed by atoms with Crippen molar-refractivity contribution >= 4 is 15.9 Å². The quantitative estimate of drug-likeness (QED) is 0.739. The van der Waals surface area contributed by atoms with E-state index >= 15 is 0 Å². The summed E-state index contributed by atoms with van der Waals surface area (Å²) in [6, 6.07) is 7.06. The van der Waals surface area contributed by atoms with Gasteiger partial charge in [-0.25, -0.2) is 13.1 Å². The van der Waals surface area contributed by atoms with Crippen molar-refractivity contribution in [2.24, 2.45) is 5.92 Å². The van der Waals surface area contributed by atoms with E-state index in [2.05, 4.69) is 18.6 Å². The van der Waals surface area contributed by atoms with Crippen molar-refractivity contribution < 1.29 is 13.2 Å². The molecular weight excluding hydrogens is 312 g/mol. The Morgan fingerprint density at radius 1 is 1.22 bits per heavy atom. The summed E-state index contributed by atoms with van der Waals surface area (Å²) >= 11 is 0. The predicted molar refractivity (Wildman–Crippen MR) is 90.6 cm³/mol. The van der Waals surface area contributed by atoms with E-state index in [0.29, 0.717) is 36.7 Å². The van der Waals surface area contributed by atoms with E-state index in [1.165, 1.54) is 0 Å². The summed E-state index contributed by atoms with van der Waals surface area (Å²) in [5, 5.41) is 0. The molecule has 0 aromatic heterocycles. The van der Waals surface area contributed by atoms with Crippen LogP contribution in [-0.4, -0.2) is 38.9 Å². The molecule has 1 amide bonds. The molecule has 0 bridgehead atoms. The molecule has 5 nitrogen and oxygen atoms in total. The van der Waals surface area contributed by atoms with Gasteiger partial charge in [0.1, 0.15) is 0 Å². The van der Waals surface area contributed by atoms with E-state index in [1.54, 1.807) is 17.0 Å². The maximum absolute atomic E-state index is 12.2. The van der Waals surface area contributed by atoms with Gasteiger partial charge in [-0.1, -0.05) is 26.0 Å². The van der Waals surface area contributed by atoms with E-state index in [0.717, 1.165) is 24.9 Å². The molecule has 1 aromatic carbocycles. The van der Waals surface area contributed by atoms with Crippen LogP contribution in [-0.2, 0) is 21.2 Å². The number of likely N-dealkylation sites (tertiary alicyclic amines) is 1. The highest BCUT2D eigenvalue weighted by atomic mass is 32.2. The van der Waals surface area contributed by atoms with Crippen LogP contribution in [0.5, 0.6) is 0 Å². The second-order valence-electron chi connectivity index (χ2n) is 6.48. The third kappa shape index (κ3) is 5.32. The maximum Gasteiger partial charge on any atom is 0.240 e. The van der Waals surface area contributed by atoms with Gasteiger partial charge in [-0.3, -0.25) is 4.79 Å². The number of amides is 1. The van der Waals surface area contributed by atoms with E-state index in [9.17, 15) is 13.2 Å². The first kappa shape index (κ1) is 17.9. The summed E-state index contributed by atoms with van der Waals surface area (Å²) in [7, 11) is -3.47. The lowest BCUT2D eigenvalue weighted by Crippen LogP contribution is -2.30. The third-order valence-electron chi connectivity index (χ3n) is 3.95. The van der Waals surface area contributed by atoms with Crippen LogP contribution in [0, 0.1) is 5.92 Å². The Balaban J connectivity index is 1.82. The zero-order valence-corrected chi connectivity index (χ0v) is 14.7. The summed E-state index contributed by atoms with van der Waals surface area (Å²) in [5.74, 6) is 0.720. The van der Waals surface area contributed by atoms with E-state index in [-0.39, 0.29) is 5.91 Å². The van der Waals surface area contributed by atoms with Crippen LogP contribution in [0.1, 0.15) is 38.7 Å². The number of sulfonamides is 1.